The van der Waals surface area contributed by atoms with Gasteiger partial charge in [-0.25, -0.2) is 0 Å². The predicted octanol–water partition coefficient (Wildman–Crippen LogP) is 0.408. The number of likely N-dealkylation sites (N-methyl/N-ethyl adjacent to an activating group) is 1. The number of carbonyl (C=O) groups excluding carboxylic acids is 2. The van der Waals surface area contributed by atoms with Crippen molar-refractivity contribution in [3.63, 3.8) is 0 Å². The fraction of sp³-hybridized carbons (Fsp3) is 0.727. The van der Waals surface area contributed by atoms with Crippen molar-refractivity contribution in [1.82, 2.24) is 10.3 Å². The molecule has 1 aliphatic heterocycles. The minimum atomic E-state index is -0.456. The van der Waals surface area contributed by atoms with E-state index in [4.69, 9.17) is 0 Å². The molecule has 0 fully saturated rings. The van der Waals surface area contributed by atoms with Crippen LogP contribution in [0.3, 0.4) is 0 Å². The van der Waals surface area contributed by atoms with Gasteiger partial charge in [-0.15, -0.1) is 0 Å². The van der Waals surface area contributed by atoms with E-state index in [0.29, 0.717) is 12.3 Å². The number of carbonyl (C=O) groups is 2. The Bertz CT molecular complexity index is 342. The van der Waals surface area contributed by atoms with E-state index < -0.39 is 5.41 Å². The molecule has 0 bridgehead atoms. The number of nitrogens with zero attached hydrogens (tertiary/aromatic N) is 2. The van der Waals surface area contributed by atoms with Crippen LogP contribution >= 0.6 is 0 Å². The van der Waals surface area contributed by atoms with Crippen molar-refractivity contribution in [3.8, 4) is 0 Å². The van der Waals surface area contributed by atoms with Crippen LogP contribution in [0.15, 0.2) is 5.10 Å². The summed E-state index contributed by atoms with van der Waals surface area (Å²) in [5.74, 6) is -0.103. The predicted molar refractivity (Wildman–Crippen MR) is 62.1 cm³/mol. The summed E-state index contributed by atoms with van der Waals surface area (Å²) in [6.45, 7) is 7.57. The maximum absolute atomic E-state index is 11.7. The third-order valence-electron chi connectivity index (χ3n) is 2.38. The van der Waals surface area contributed by atoms with Crippen LogP contribution in [0.1, 0.15) is 27.7 Å². The molecule has 1 unspecified atom stereocenters. The van der Waals surface area contributed by atoms with Gasteiger partial charge in [-0.2, -0.15) is 5.10 Å². The topological polar surface area (TPSA) is 61.8 Å². The van der Waals surface area contributed by atoms with Crippen molar-refractivity contribution < 1.29 is 9.59 Å². The van der Waals surface area contributed by atoms with Crippen molar-refractivity contribution in [2.24, 2.45) is 10.5 Å². The molecule has 0 radical (unpaired) electrons. The summed E-state index contributed by atoms with van der Waals surface area (Å²) >= 11 is 0. The van der Waals surface area contributed by atoms with Crippen LogP contribution < -0.4 is 5.32 Å². The van der Waals surface area contributed by atoms with E-state index in [1.165, 1.54) is 0 Å². The Balaban J connectivity index is 2.67. The Labute approximate surface area is 95.9 Å². The van der Waals surface area contributed by atoms with Crippen molar-refractivity contribution in [1.29, 1.82) is 0 Å². The first-order valence-electron chi connectivity index (χ1n) is 5.35. The number of nitrogens with one attached hydrogen (secondary N) is 1. The molecule has 0 aromatic rings. The summed E-state index contributed by atoms with van der Waals surface area (Å²) in [6.07, 6.45) is 0. The minimum Gasteiger partial charge on any atom is -0.347 e. The van der Waals surface area contributed by atoms with E-state index in [2.05, 4.69) is 10.4 Å². The summed E-state index contributed by atoms with van der Waals surface area (Å²) in [7, 11) is 1.74. The molecule has 5 nitrogen and oxygen atoms in total. The normalized spacial score (nSPS) is 18.4. The van der Waals surface area contributed by atoms with Crippen molar-refractivity contribution in [2.45, 2.75) is 33.7 Å². The van der Waals surface area contributed by atoms with Crippen molar-refractivity contribution in [3.05, 3.63) is 0 Å². The molecule has 0 saturated heterocycles. The van der Waals surface area contributed by atoms with Gasteiger partial charge in [0.25, 0.3) is 0 Å². The lowest BCUT2D eigenvalue weighted by Gasteiger charge is -2.21. The van der Waals surface area contributed by atoms with Gasteiger partial charge in [0, 0.05) is 12.5 Å². The zero-order chi connectivity index (χ0) is 12.5. The van der Waals surface area contributed by atoms with Gasteiger partial charge < -0.3 is 5.32 Å². The van der Waals surface area contributed by atoms with Crippen LogP contribution in [0, 0.1) is 5.41 Å². The van der Waals surface area contributed by atoms with Gasteiger partial charge in [0.15, 0.2) is 0 Å². The maximum atomic E-state index is 11.7. The molecular weight excluding hydrogens is 206 g/mol. The van der Waals surface area contributed by atoms with E-state index in [-0.39, 0.29) is 17.7 Å². The second kappa shape index (κ2) is 4.23. The van der Waals surface area contributed by atoms with Gasteiger partial charge in [0.2, 0.25) is 11.7 Å². The molecule has 1 heterocycles. The number of hydrazone groups is 1. The van der Waals surface area contributed by atoms with Gasteiger partial charge in [-0.3, -0.25) is 14.6 Å². The first kappa shape index (κ1) is 12.7. The maximum Gasteiger partial charge on any atom is 0.225 e. The second-order valence-corrected chi connectivity index (χ2v) is 5.17. The zero-order valence-corrected chi connectivity index (χ0v) is 10.5. The summed E-state index contributed by atoms with van der Waals surface area (Å²) in [5, 5.41) is 8.47. The highest BCUT2D eigenvalue weighted by molar-refractivity contribution is 6.43. The molecule has 1 rings (SSSR count). The van der Waals surface area contributed by atoms with E-state index >= 15 is 0 Å². The number of hydrogen-bond acceptors (Lipinski definition) is 4. The summed E-state index contributed by atoms with van der Waals surface area (Å²) in [6, 6.07) is -0.329. The van der Waals surface area contributed by atoms with Crippen LogP contribution in [0.25, 0.3) is 0 Å². The Morgan fingerprint density at radius 2 is 2.06 bits per heavy atom. The fourth-order valence-electron chi connectivity index (χ4n) is 1.37. The zero-order valence-electron chi connectivity index (χ0n) is 10.5. The molecule has 0 spiro atoms. The van der Waals surface area contributed by atoms with Crippen LogP contribution in [-0.4, -0.2) is 42.0 Å². The highest BCUT2D eigenvalue weighted by Gasteiger charge is 2.30. The Kier molecular flexibility index (Phi) is 3.35. The average Bonchev–Trinajstić information content (AvgIpc) is 2.43. The van der Waals surface area contributed by atoms with Crippen LogP contribution in [0.4, 0.5) is 0 Å². The lowest BCUT2D eigenvalue weighted by Crippen LogP contribution is -2.45. The molecule has 0 aliphatic carbocycles. The third-order valence-corrected chi connectivity index (χ3v) is 2.38. The summed E-state index contributed by atoms with van der Waals surface area (Å²) < 4.78 is 0. The molecule has 1 aliphatic rings. The first-order valence-corrected chi connectivity index (χ1v) is 5.35. The molecular formula is C11H19N3O2. The van der Waals surface area contributed by atoms with Gasteiger partial charge >= 0.3 is 0 Å². The highest BCUT2D eigenvalue weighted by atomic mass is 16.2. The van der Waals surface area contributed by atoms with E-state index in [1.807, 2.05) is 20.8 Å². The van der Waals surface area contributed by atoms with Crippen LogP contribution in [-0.2, 0) is 9.59 Å². The first-order chi connectivity index (χ1) is 7.21. The smallest absolute Gasteiger partial charge is 0.225 e. The van der Waals surface area contributed by atoms with E-state index in [0.717, 1.165) is 0 Å². The van der Waals surface area contributed by atoms with Crippen LogP contribution in [0.5, 0.6) is 0 Å². The lowest BCUT2D eigenvalue weighted by atomic mass is 9.95. The SMILES string of the molecule is CC(NC(=O)C(C)(C)C)C1=NN(C)CC1=O. The van der Waals surface area contributed by atoms with Gasteiger partial charge in [0.1, 0.15) is 12.3 Å². The van der Waals surface area contributed by atoms with Crippen LogP contribution in [0.2, 0.25) is 0 Å². The van der Waals surface area contributed by atoms with Crippen molar-refractivity contribution >= 4 is 17.4 Å². The van der Waals surface area contributed by atoms with Gasteiger partial charge in [-0.1, -0.05) is 20.8 Å². The Hall–Kier alpha value is -1.39. The largest absolute Gasteiger partial charge is 0.347 e. The fourth-order valence-corrected chi connectivity index (χ4v) is 1.37. The molecule has 1 atom stereocenters. The Morgan fingerprint density at radius 1 is 1.50 bits per heavy atom. The molecule has 90 valence electrons. The number of Topliss-reactive ketones (excluding diaryl/α,β-unsaturated/α-hetero) is 1. The molecule has 1 amide bonds. The summed E-state index contributed by atoms with van der Waals surface area (Å²) in [4.78, 5) is 23.3. The number of hydrogen-bond donors (Lipinski definition) is 1. The molecule has 16 heavy (non-hydrogen) atoms. The van der Waals surface area contributed by atoms with Crippen molar-refractivity contribution in [2.75, 3.05) is 13.6 Å². The molecule has 1 N–H and O–H groups in total. The molecule has 0 aromatic heterocycles. The Morgan fingerprint density at radius 3 is 2.44 bits per heavy atom. The van der Waals surface area contributed by atoms with Gasteiger partial charge in [-0.05, 0) is 6.92 Å². The molecule has 0 saturated carbocycles. The summed E-state index contributed by atoms with van der Waals surface area (Å²) in [5.41, 5.74) is -0.0253. The second-order valence-electron chi connectivity index (χ2n) is 5.17. The monoisotopic (exact) mass is 225 g/mol. The number of ketones is 1. The van der Waals surface area contributed by atoms with E-state index in [1.54, 1.807) is 19.0 Å². The standard InChI is InChI=1S/C11H19N3O2/c1-7(12-10(16)11(2,3)4)9-8(15)6-14(5)13-9/h7H,6H2,1-5H3,(H,12,16). The minimum absolute atomic E-state index is 0.0239. The van der Waals surface area contributed by atoms with Gasteiger partial charge in [0.05, 0.1) is 6.04 Å². The number of amides is 1. The highest BCUT2D eigenvalue weighted by Crippen LogP contribution is 2.13. The van der Waals surface area contributed by atoms with E-state index in [9.17, 15) is 9.59 Å². The number of rotatable bonds is 2. The quantitative estimate of drug-likeness (QED) is 0.740. The average molecular weight is 225 g/mol. The third kappa shape index (κ3) is 2.81. The lowest BCUT2D eigenvalue weighted by molar-refractivity contribution is -0.128. The molecule has 0 aromatic carbocycles. The molecule has 5 heteroatoms.